The van der Waals surface area contributed by atoms with Gasteiger partial charge in [-0.1, -0.05) is 54.6 Å². The number of hydrogen-bond acceptors (Lipinski definition) is 5. The van der Waals surface area contributed by atoms with Gasteiger partial charge in [0.25, 0.3) is 0 Å². The summed E-state index contributed by atoms with van der Waals surface area (Å²) in [6.07, 6.45) is 2.43. The van der Waals surface area contributed by atoms with E-state index >= 15 is 0 Å². The number of aliphatic hydroxyl groups excluding tert-OH is 1. The number of aliphatic hydroxyl groups is 1. The number of anilines is 2. The average molecular weight is 557 g/mol. The molecule has 0 spiro atoms. The van der Waals surface area contributed by atoms with Gasteiger partial charge in [-0.2, -0.15) is 0 Å². The minimum atomic E-state index is -0.454. The lowest BCUT2D eigenvalue weighted by Gasteiger charge is -2.45. The van der Waals surface area contributed by atoms with E-state index in [2.05, 4.69) is 24.7 Å². The van der Waals surface area contributed by atoms with Crippen LogP contribution in [0.15, 0.2) is 66.7 Å². The number of fused-ring (bicyclic) bond motifs is 5. The number of epoxide rings is 1. The third-order valence-corrected chi connectivity index (χ3v) is 9.11. The van der Waals surface area contributed by atoms with E-state index in [1.54, 1.807) is 6.07 Å². The maximum atomic E-state index is 13.2. The quantitative estimate of drug-likeness (QED) is 0.267. The van der Waals surface area contributed by atoms with Crippen LogP contribution in [0.3, 0.4) is 0 Å². The molecule has 0 aliphatic carbocycles. The monoisotopic (exact) mass is 556 g/mol. The van der Waals surface area contributed by atoms with Crippen LogP contribution in [0.25, 0.3) is 11.1 Å². The number of hydrogen-bond donors (Lipinski definition) is 3. The smallest absolute Gasteiger partial charge is 0.411 e. The molecule has 3 saturated heterocycles. The molecule has 5 atom stereocenters. The molecule has 3 aliphatic heterocycles. The van der Waals surface area contributed by atoms with Gasteiger partial charge in [0, 0.05) is 30.5 Å². The minimum Gasteiger partial charge on any atom is -0.445 e. The first-order valence-corrected chi connectivity index (χ1v) is 14.4. The highest BCUT2D eigenvalue weighted by Gasteiger charge is 2.70. The van der Waals surface area contributed by atoms with Gasteiger partial charge >= 0.3 is 6.09 Å². The number of morpholine rings is 1. The standard InChI is InChI=1S/C33H37N3O5/c1-20-15-22(19-37)10-13-26(20)34-30(38)14-11-21-9-12-25(23-7-5-4-6-8-23)27(16-21)35-33(39)40-24-17-28-31-32(41-31)29(18-24)36(28,2)3/h4-10,12-13,15-16,24,28-29,31-32,37H,11,14,17-19H2,1-3H3,(H-,34,35,38,39)/p+1/t24?,28-,29+,31-,32+. The number of piperidine rings is 1. The summed E-state index contributed by atoms with van der Waals surface area (Å²) in [6, 6.07) is 22.0. The van der Waals surface area contributed by atoms with Crippen molar-refractivity contribution < 1.29 is 28.7 Å². The Morgan fingerprint density at radius 3 is 2.32 bits per heavy atom. The van der Waals surface area contributed by atoms with Gasteiger partial charge in [-0.15, -0.1) is 0 Å². The van der Waals surface area contributed by atoms with Crippen LogP contribution in [-0.4, -0.2) is 66.1 Å². The molecule has 3 heterocycles. The van der Waals surface area contributed by atoms with Crippen molar-refractivity contribution >= 4 is 23.4 Å². The SMILES string of the molecule is Cc1cc(CO)ccc1NC(=O)CCc1ccc(-c2ccccc2)c(NC(=O)OC2C[C@@H]3[C@H]4O[C@H]4[C@H](C2)[N+]3(C)C)c1. The van der Waals surface area contributed by atoms with Crippen molar-refractivity contribution in [1.29, 1.82) is 0 Å². The Labute approximate surface area is 240 Å². The number of nitrogens with zero attached hydrogens (tertiary/aromatic N) is 1. The predicted molar refractivity (Wildman–Crippen MR) is 157 cm³/mol. The van der Waals surface area contributed by atoms with Crippen molar-refractivity contribution in [2.75, 3.05) is 24.7 Å². The number of nitrogens with one attached hydrogen (secondary N) is 2. The van der Waals surface area contributed by atoms with Crippen molar-refractivity contribution in [3.8, 4) is 11.1 Å². The van der Waals surface area contributed by atoms with Crippen LogP contribution < -0.4 is 10.6 Å². The highest BCUT2D eigenvalue weighted by molar-refractivity contribution is 5.93. The highest BCUT2D eigenvalue weighted by Crippen LogP contribution is 2.51. The van der Waals surface area contributed by atoms with E-state index in [-0.39, 0.29) is 18.6 Å². The predicted octanol–water partition coefficient (Wildman–Crippen LogP) is 5.03. The van der Waals surface area contributed by atoms with Crippen molar-refractivity contribution in [1.82, 2.24) is 0 Å². The summed E-state index contributed by atoms with van der Waals surface area (Å²) in [7, 11) is 4.51. The first-order valence-electron chi connectivity index (χ1n) is 14.4. The summed E-state index contributed by atoms with van der Waals surface area (Å²) in [6.45, 7) is 1.87. The number of benzene rings is 3. The molecule has 2 bridgehead atoms. The van der Waals surface area contributed by atoms with Crippen molar-refractivity contribution in [2.24, 2.45) is 0 Å². The number of aryl methyl sites for hydroxylation is 2. The molecule has 2 amide bonds. The van der Waals surface area contributed by atoms with Gasteiger partial charge in [-0.3, -0.25) is 10.1 Å². The molecule has 8 nitrogen and oxygen atoms in total. The molecule has 3 aromatic carbocycles. The van der Waals surface area contributed by atoms with E-state index in [0.717, 1.165) is 50.8 Å². The van der Waals surface area contributed by atoms with Gasteiger partial charge in [0.05, 0.1) is 26.4 Å². The van der Waals surface area contributed by atoms with E-state index in [1.165, 1.54) is 0 Å². The van der Waals surface area contributed by atoms with Crippen LogP contribution in [0, 0.1) is 6.92 Å². The first kappa shape index (κ1) is 27.4. The van der Waals surface area contributed by atoms with Crippen LogP contribution in [0.5, 0.6) is 0 Å². The molecule has 0 aromatic heterocycles. The molecular formula is C33H38N3O5+. The zero-order valence-corrected chi connectivity index (χ0v) is 23.8. The van der Waals surface area contributed by atoms with Gasteiger partial charge in [0.2, 0.25) is 5.91 Å². The number of carbonyl (C=O) groups excluding carboxylic acids is 2. The van der Waals surface area contributed by atoms with Crippen LogP contribution in [0.4, 0.5) is 16.2 Å². The fourth-order valence-corrected chi connectivity index (χ4v) is 6.75. The Balaban J connectivity index is 1.13. The molecule has 8 heteroatoms. The second-order valence-electron chi connectivity index (χ2n) is 12.1. The number of carbonyl (C=O) groups is 2. The van der Waals surface area contributed by atoms with Crippen LogP contribution in [0.2, 0.25) is 0 Å². The number of ether oxygens (including phenoxy) is 2. The molecule has 41 heavy (non-hydrogen) atoms. The summed E-state index contributed by atoms with van der Waals surface area (Å²) in [4.78, 5) is 25.9. The lowest BCUT2D eigenvalue weighted by Crippen LogP contribution is -2.60. The van der Waals surface area contributed by atoms with Crippen LogP contribution in [0.1, 0.15) is 36.0 Å². The summed E-state index contributed by atoms with van der Waals surface area (Å²) >= 11 is 0. The summed E-state index contributed by atoms with van der Waals surface area (Å²) in [5.41, 5.74) is 5.93. The molecule has 1 unspecified atom stereocenters. The lowest BCUT2D eigenvalue weighted by molar-refractivity contribution is -0.938. The molecule has 3 aromatic rings. The Kier molecular flexibility index (Phi) is 7.32. The third kappa shape index (κ3) is 5.60. The number of quaternary nitrogens is 1. The van der Waals surface area contributed by atoms with Crippen molar-refractivity contribution in [2.45, 2.75) is 69.6 Å². The third-order valence-electron chi connectivity index (χ3n) is 9.11. The van der Waals surface area contributed by atoms with Crippen LogP contribution in [-0.2, 0) is 27.3 Å². The van der Waals surface area contributed by atoms with E-state index in [1.807, 2.05) is 67.6 Å². The molecule has 6 rings (SSSR count). The topological polar surface area (TPSA) is 100 Å². The Hall–Kier alpha value is -3.72. The Morgan fingerprint density at radius 1 is 0.927 bits per heavy atom. The van der Waals surface area contributed by atoms with E-state index in [0.29, 0.717) is 42.8 Å². The van der Waals surface area contributed by atoms with Gasteiger partial charge in [-0.25, -0.2) is 4.79 Å². The molecule has 0 saturated carbocycles. The zero-order chi connectivity index (χ0) is 28.7. The first-order chi connectivity index (χ1) is 19.7. The molecular weight excluding hydrogens is 518 g/mol. The van der Waals surface area contributed by atoms with E-state index in [4.69, 9.17) is 9.47 Å². The normalized spacial score (nSPS) is 25.2. The fraction of sp³-hybridized carbons (Fsp3) is 0.394. The van der Waals surface area contributed by atoms with Gasteiger partial charge in [-0.05, 0) is 47.7 Å². The average Bonchev–Trinajstić information content (AvgIpc) is 3.72. The van der Waals surface area contributed by atoms with E-state index in [9.17, 15) is 14.7 Å². The maximum Gasteiger partial charge on any atom is 0.411 e. The van der Waals surface area contributed by atoms with E-state index < -0.39 is 6.09 Å². The zero-order valence-electron chi connectivity index (χ0n) is 23.8. The fourth-order valence-electron chi connectivity index (χ4n) is 6.75. The summed E-state index contributed by atoms with van der Waals surface area (Å²) < 4.78 is 12.8. The minimum absolute atomic E-state index is 0.0347. The van der Waals surface area contributed by atoms with Gasteiger partial charge < -0.3 is 24.4 Å². The highest BCUT2D eigenvalue weighted by atomic mass is 16.6. The largest absolute Gasteiger partial charge is 0.445 e. The van der Waals surface area contributed by atoms with Gasteiger partial charge in [0.1, 0.15) is 30.4 Å². The van der Waals surface area contributed by atoms with Gasteiger partial charge in [0.15, 0.2) is 0 Å². The lowest BCUT2D eigenvalue weighted by atomic mass is 9.96. The summed E-state index contributed by atoms with van der Waals surface area (Å²) in [5.74, 6) is -0.0961. The van der Waals surface area contributed by atoms with Crippen molar-refractivity contribution in [3.05, 3.63) is 83.4 Å². The molecule has 3 aliphatic rings. The number of amides is 2. The molecule has 3 fully saturated rings. The second kappa shape index (κ2) is 10.9. The number of likely N-dealkylation sites (N-methyl/N-ethyl adjacent to an activating group) is 1. The molecule has 0 radical (unpaired) electrons. The maximum absolute atomic E-state index is 13.2. The van der Waals surface area contributed by atoms with Crippen LogP contribution >= 0.6 is 0 Å². The Morgan fingerprint density at radius 2 is 1.63 bits per heavy atom. The number of rotatable bonds is 8. The second-order valence-corrected chi connectivity index (χ2v) is 12.1. The molecule has 3 N–H and O–H groups in total. The summed E-state index contributed by atoms with van der Waals surface area (Å²) in [5, 5.41) is 15.3. The molecule has 214 valence electrons. The van der Waals surface area contributed by atoms with Crippen molar-refractivity contribution in [3.63, 3.8) is 0 Å². The Bertz CT molecular complexity index is 1440.